The molecular formula is C13H19NO. The minimum atomic E-state index is 0.259. The van der Waals surface area contributed by atoms with Crippen molar-refractivity contribution in [3.05, 3.63) is 34.9 Å². The average molecular weight is 205 g/mol. The molecular weight excluding hydrogens is 186 g/mol. The molecule has 0 aliphatic carbocycles. The number of ketones is 1. The smallest absolute Gasteiger partial charge is 0.150 e. The first-order valence-electron chi connectivity index (χ1n) is 5.42. The molecule has 0 aromatic heterocycles. The number of hydrogen-bond acceptors (Lipinski definition) is 2. The standard InChI is InChI=1S/C13H19NO/c1-4-14-9-12(15)8-13-10(2)6-5-7-11(13)3/h5-7,14H,4,8-9H2,1-3H3. The Morgan fingerprint density at radius 3 is 2.40 bits per heavy atom. The van der Waals surface area contributed by atoms with Gasteiger partial charge < -0.3 is 5.32 Å². The molecule has 0 radical (unpaired) electrons. The molecule has 0 spiro atoms. The summed E-state index contributed by atoms with van der Waals surface area (Å²) >= 11 is 0. The topological polar surface area (TPSA) is 29.1 Å². The number of hydrogen-bond donors (Lipinski definition) is 1. The summed E-state index contributed by atoms with van der Waals surface area (Å²) in [6.07, 6.45) is 0.547. The molecule has 1 N–H and O–H groups in total. The van der Waals surface area contributed by atoms with Gasteiger partial charge in [-0.15, -0.1) is 0 Å². The third-order valence-electron chi connectivity index (χ3n) is 2.59. The lowest BCUT2D eigenvalue weighted by Gasteiger charge is -2.08. The summed E-state index contributed by atoms with van der Waals surface area (Å²) in [6, 6.07) is 6.15. The SMILES string of the molecule is CCNCC(=O)Cc1c(C)cccc1C. The summed E-state index contributed by atoms with van der Waals surface area (Å²) in [7, 11) is 0. The van der Waals surface area contributed by atoms with Crippen molar-refractivity contribution >= 4 is 5.78 Å². The van der Waals surface area contributed by atoms with Crippen LogP contribution in [0.5, 0.6) is 0 Å². The molecule has 0 saturated heterocycles. The van der Waals surface area contributed by atoms with Crippen LogP contribution in [0.15, 0.2) is 18.2 Å². The van der Waals surface area contributed by atoms with Crippen molar-refractivity contribution in [1.29, 1.82) is 0 Å². The number of carbonyl (C=O) groups is 1. The maximum absolute atomic E-state index is 11.6. The van der Waals surface area contributed by atoms with Crippen LogP contribution in [0, 0.1) is 13.8 Å². The van der Waals surface area contributed by atoms with Crippen LogP contribution in [0.3, 0.4) is 0 Å². The number of aryl methyl sites for hydroxylation is 2. The van der Waals surface area contributed by atoms with Crippen molar-refractivity contribution in [3.8, 4) is 0 Å². The molecule has 1 rings (SSSR count). The third-order valence-corrected chi connectivity index (χ3v) is 2.59. The van der Waals surface area contributed by atoms with E-state index in [-0.39, 0.29) is 5.78 Å². The minimum Gasteiger partial charge on any atom is -0.310 e. The largest absolute Gasteiger partial charge is 0.310 e. The van der Waals surface area contributed by atoms with Crippen molar-refractivity contribution in [1.82, 2.24) is 5.32 Å². The van der Waals surface area contributed by atoms with Gasteiger partial charge in [0.1, 0.15) is 0 Å². The van der Waals surface area contributed by atoms with Crippen molar-refractivity contribution in [2.75, 3.05) is 13.1 Å². The predicted molar refractivity (Wildman–Crippen MR) is 63.2 cm³/mol. The average Bonchev–Trinajstić information content (AvgIpc) is 2.21. The lowest BCUT2D eigenvalue weighted by atomic mass is 9.98. The quantitative estimate of drug-likeness (QED) is 0.797. The van der Waals surface area contributed by atoms with Gasteiger partial charge in [0, 0.05) is 6.42 Å². The molecule has 0 aliphatic rings. The van der Waals surface area contributed by atoms with Crippen LogP contribution < -0.4 is 5.32 Å². The van der Waals surface area contributed by atoms with Crippen LogP contribution in [-0.2, 0) is 11.2 Å². The summed E-state index contributed by atoms with van der Waals surface area (Å²) in [5.41, 5.74) is 3.60. The van der Waals surface area contributed by atoms with E-state index in [4.69, 9.17) is 0 Å². The summed E-state index contributed by atoms with van der Waals surface area (Å²) in [5, 5.41) is 3.06. The van der Waals surface area contributed by atoms with Crippen LogP contribution in [0.1, 0.15) is 23.6 Å². The molecule has 82 valence electrons. The zero-order chi connectivity index (χ0) is 11.3. The van der Waals surface area contributed by atoms with Gasteiger partial charge >= 0.3 is 0 Å². The van der Waals surface area contributed by atoms with E-state index in [9.17, 15) is 4.79 Å². The summed E-state index contributed by atoms with van der Waals surface area (Å²) in [4.78, 5) is 11.6. The fourth-order valence-electron chi connectivity index (χ4n) is 1.65. The molecule has 1 aromatic carbocycles. The second kappa shape index (κ2) is 5.66. The fourth-order valence-corrected chi connectivity index (χ4v) is 1.65. The van der Waals surface area contributed by atoms with E-state index < -0.39 is 0 Å². The lowest BCUT2D eigenvalue weighted by molar-refractivity contribution is -0.117. The Morgan fingerprint density at radius 1 is 1.27 bits per heavy atom. The van der Waals surface area contributed by atoms with E-state index >= 15 is 0 Å². The van der Waals surface area contributed by atoms with Gasteiger partial charge in [-0.2, -0.15) is 0 Å². The molecule has 0 fully saturated rings. The molecule has 0 unspecified atom stereocenters. The highest BCUT2D eigenvalue weighted by molar-refractivity contribution is 5.83. The Morgan fingerprint density at radius 2 is 1.87 bits per heavy atom. The minimum absolute atomic E-state index is 0.259. The number of nitrogens with one attached hydrogen (secondary N) is 1. The van der Waals surface area contributed by atoms with Gasteiger partial charge in [-0.3, -0.25) is 4.79 Å². The van der Waals surface area contributed by atoms with Crippen LogP contribution in [0.25, 0.3) is 0 Å². The van der Waals surface area contributed by atoms with E-state index in [1.807, 2.05) is 13.0 Å². The number of rotatable bonds is 5. The Labute approximate surface area is 91.7 Å². The normalized spacial score (nSPS) is 10.3. The zero-order valence-corrected chi connectivity index (χ0v) is 9.76. The predicted octanol–water partition coefficient (Wildman–Crippen LogP) is 2.02. The molecule has 0 bridgehead atoms. The Bertz CT molecular complexity index is 324. The lowest BCUT2D eigenvalue weighted by Crippen LogP contribution is -2.24. The number of carbonyl (C=O) groups excluding carboxylic acids is 1. The first-order valence-corrected chi connectivity index (χ1v) is 5.42. The first kappa shape index (κ1) is 11.9. The summed E-state index contributed by atoms with van der Waals surface area (Å²) in [6.45, 7) is 7.45. The maximum atomic E-state index is 11.6. The molecule has 0 aliphatic heterocycles. The molecule has 0 atom stereocenters. The number of Topliss-reactive ketones (excluding diaryl/α,β-unsaturated/α-hetero) is 1. The number of likely N-dealkylation sites (N-methyl/N-ethyl adjacent to an activating group) is 1. The molecule has 1 aromatic rings. The van der Waals surface area contributed by atoms with Crippen LogP contribution in [-0.4, -0.2) is 18.9 Å². The molecule has 15 heavy (non-hydrogen) atoms. The van der Waals surface area contributed by atoms with Crippen molar-refractivity contribution < 1.29 is 4.79 Å². The first-order chi connectivity index (χ1) is 7.15. The zero-order valence-electron chi connectivity index (χ0n) is 9.76. The van der Waals surface area contributed by atoms with Gasteiger partial charge in [-0.1, -0.05) is 25.1 Å². The van der Waals surface area contributed by atoms with Gasteiger partial charge in [0.25, 0.3) is 0 Å². The molecule has 0 saturated carbocycles. The second-order valence-electron chi connectivity index (χ2n) is 3.87. The molecule has 2 heteroatoms. The summed E-state index contributed by atoms with van der Waals surface area (Å²) in [5.74, 6) is 0.259. The Hall–Kier alpha value is -1.15. The highest BCUT2D eigenvalue weighted by Gasteiger charge is 2.07. The molecule has 2 nitrogen and oxygen atoms in total. The summed E-state index contributed by atoms with van der Waals surface area (Å²) < 4.78 is 0. The van der Waals surface area contributed by atoms with E-state index in [2.05, 4.69) is 31.3 Å². The second-order valence-corrected chi connectivity index (χ2v) is 3.87. The highest BCUT2D eigenvalue weighted by Crippen LogP contribution is 2.13. The van der Waals surface area contributed by atoms with Gasteiger partial charge in [-0.05, 0) is 37.1 Å². The Balaban J connectivity index is 2.68. The van der Waals surface area contributed by atoms with E-state index in [0.717, 1.165) is 6.54 Å². The van der Waals surface area contributed by atoms with Crippen LogP contribution in [0.4, 0.5) is 0 Å². The van der Waals surface area contributed by atoms with Crippen molar-refractivity contribution in [2.45, 2.75) is 27.2 Å². The number of benzene rings is 1. The fraction of sp³-hybridized carbons (Fsp3) is 0.462. The van der Waals surface area contributed by atoms with E-state index in [0.29, 0.717) is 13.0 Å². The van der Waals surface area contributed by atoms with E-state index in [1.54, 1.807) is 0 Å². The molecule has 0 heterocycles. The van der Waals surface area contributed by atoms with E-state index in [1.165, 1.54) is 16.7 Å². The third kappa shape index (κ3) is 3.48. The van der Waals surface area contributed by atoms with Crippen molar-refractivity contribution in [2.24, 2.45) is 0 Å². The highest BCUT2D eigenvalue weighted by atomic mass is 16.1. The molecule has 0 amide bonds. The monoisotopic (exact) mass is 205 g/mol. The Kier molecular flexibility index (Phi) is 4.50. The van der Waals surface area contributed by atoms with Crippen LogP contribution in [0.2, 0.25) is 0 Å². The van der Waals surface area contributed by atoms with Gasteiger partial charge in [0.2, 0.25) is 0 Å². The van der Waals surface area contributed by atoms with Gasteiger partial charge in [0.05, 0.1) is 6.54 Å². The van der Waals surface area contributed by atoms with Crippen molar-refractivity contribution in [3.63, 3.8) is 0 Å². The van der Waals surface area contributed by atoms with Gasteiger partial charge in [-0.25, -0.2) is 0 Å². The maximum Gasteiger partial charge on any atom is 0.150 e. The van der Waals surface area contributed by atoms with Gasteiger partial charge in [0.15, 0.2) is 5.78 Å². The van der Waals surface area contributed by atoms with Crippen LogP contribution >= 0.6 is 0 Å².